The number of thiocarbonyl (C=S) groups is 1. The van der Waals surface area contributed by atoms with Crippen LogP contribution < -0.4 is 29.9 Å². The quantitative estimate of drug-likeness (QED) is 0.0533. The number of aromatic nitrogens is 1. The second-order valence-electron chi connectivity index (χ2n) is 19.6. The van der Waals surface area contributed by atoms with Crippen molar-refractivity contribution in [3.63, 3.8) is 0 Å². The normalized spacial score (nSPS) is 17.0. The van der Waals surface area contributed by atoms with Crippen LogP contribution in [0.25, 0.3) is 10.4 Å². The number of anilines is 2. The van der Waals surface area contributed by atoms with Crippen molar-refractivity contribution in [2.24, 2.45) is 5.41 Å². The van der Waals surface area contributed by atoms with E-state index in [9.17, 15) is 42.7 Å². The van der Waals surface area contributed by atoms with Gasteiger partial charge in [-0.1, -0.05) is 57.2 Å². The van der Waals surface area contributed by atoms with E-state index in [-0.39, 0.29) is 55.9 Å². The largest absolute Gasteiger partial charge is 0.493 e. The smallest absolute Gasteiger partial charge is 0.417 e. The van der Waals surface area contributed by atoms with Gasteiger partial charge in [-0.2, -0.15) is 18.4 Å². The highest BCUT2D eigenvalue weighted by atomic mass is 32.1. The Hall–Kier alpha value is -6.92. The summed E-state index contributed by atoms with van der Waals surface area (Å²) in [6, 6.07) is 24.4. The van der Waals surface area contributed by atoms with Crippen molar-refractivity contribution < 1.29 is 51.7 Å². The second kappa shape index (κ2) is 23.1. The van der Waals surface area contributed by atoms with Gasteiger partial charge in [0.25, 0.3) is 5.91 Å². The SMILES string of the molecule is Cc1ncsc1-c1ccc(CNC(=O)C2C[C@@H](O)CN2C(=O)C(NC(=O)Cc2cccc(OCCCOCCOc3ccc(N4C(=S)N(c5ccc(C#N)c(C(F)(F)F)c5)C(=O)C4(C)C)cc3)c2)C(C)(C)C)cc1. The molecule has 20 heteroatoms. The van der Waals surface area contributed by atoms with Crippen molar-refractivity contribution in [1.29, 1.82) is 5.26 Å². The number of nitrogens with one attached hydrogen (secondary N) is 2. The lowest BCUT2D eigenvalue weighted by Gasteiger charge is -2.35. The number of alkyl halides is 3. The number of hydrogen-bond acceptors (Lipinski definition) is 12. The first-order valence-electron chi connectivity index (χ1n) is 23.9. The van der Waals surface area contributed by atoms with Crippen molar-refractivity contribution in [1.82, 2.24) is 20.5 Å². The molecule has 15 nitrogen and oxygen atoms in total. The number of likely N-dealkylation sites (tertiary alicyclic amines) is 1. The number of aliphatic hydroxyl groups is 1. The Kier molecular flexibility index (Phi) is 17.1. The Labute approximate surface area is 437 Å². The molecule has 4 amide bonds. The topological polar surface area (TPSA) is 187 Å². The summed E-state index contributed by atoms with van der Waals surface area (Å²) < 4.78 is 58.7. The number of β-amino-alcohol motifs (C(OH)–C–C–N with tert-alkyl or cyclic N) is 1. The fraction of sp³-hybridized carbons (Fsp3) is 0.389. The van der Waals surface area contributed by atoms with E-state index < -0.39 is 64.2 Å². The molecular weight excluding hydrogens is 996 g/mol. The molecular formula is C54H58F3N7O8S2. The first-order chi connectivity index (χ1) is 35.1. The molecule has 3 heterocycles. The van der Waals surface area contributed by atoms with Gasteiger partial charge in [0.05, 0.1) is 64.7 Å². The number of benzene rings is 4. The number of aliphatic hydroxyl groups excluding tert-OH is 1. The minimum Gasteiger partial charge on any atom is -0.493 e. The van der Waals surface area contributed by atoms with Crippen LogP contribution in [0.15, 0.2) is 96.5 Å². The molecule has 5 aromatic rings. The summed E-state index contributed by atoms with van der Waals surface area (Å²) in [4.78, 5) is 64.1. The van der Waals surface area contributed by atoms with E-state index in [1.54, 1.807) is 90.2 Å². The van der Waals surface area contributed by atoms with Gasteiger partial charge in [-0.3, -0.25) is 24.1 Å². The van der Waals surface area contributed by atoms with Crippen LogP contribution in [-0.2, 0) is 43.1 Å². The van der Waals surface area contributed by atoms with Gasteiger partial charge in [-0.25, -0.2) is 4.98 Å². The monoisotopic (exact) mass is 1050 g/mol. The lowest BCUT2D eigenvalue weighted by atomic mass is 9.85. The number of carbonyl (C=O) groups is 4. The zero-order valence-electron chi connectivity index (χ0n) is 41.8. The zero-order valence-corrected chi connectivity index (χ0v) is 43.5. The Morgan fingerprint density at radius 3 is 2.30 bits per heavy atom. The van der Waals surface area contributed by atoms with Gasteiger partial charge in [0, 0.05) is 38.2 Å². The number of nitriles is 1. The Morgan fingerprint density at radius 2 is 1.64 bits per heavy atom. The van der Waals surface area contributed by atoms with Crippen LogP contribution in [-0.4, -0.2) is 100 Å². The van der Waals surface area contributed by atoms with E-state index in [0.717, 1.165) is 38.7 Å². The lowest BCUT2D eigenvalue weighted by Crippen LogP contribution is -2.58. The van der Waals surface area contributed by atoms with Gasteiger partial charge in [0.15, 0.2) is 5.11 Å². The molecule has 0 radical (unpaired) electrons. The minimum atomic E-state index is -4.81. The Bertz CT molecular complexity index is 2900. The molecule has 0 aliphatic carbocycles. The summed E-state index contributed by atoms with van der Waals surface area (Å²) >= 11 is 7.19. The summed E-state index contributed by atoms with van der Waals surface area (Å²) in [7, 11) is 0. The molecule has 2 saturated heterocycles. The van der Waals surface area contributed by atoms with Gasteiger partial charge in [0.2, 0.25) is 17.7 Å². The number of amides is 4. The number of aryl methyl sites for hydroxylation is 1. The number of hydrogen-bond donors (Lipinski definition) is 3. The third-order valence-electron chi connectivity index (χ3n) is 12.6. The second-order valence-corrected chi connectivity index (χ2v) is 20.8. The summed E-state index contributed by atoms with van der Waals surface area (Å²) in [5.41, 5.74) is 2.06. The van der Waals surface area contributed by atoms with E-state index in [0.29, 0.717) is 42.4 Å². The van der Waals surface area contributed by atoms with E-state index in [4.69, 9.17) is 26.4 Å². The third-order valence-corrected chi connectivity index (χ3v) is 14.0. The highest BCUT2D eigenvalue weighted by Crippen LogP contribution is 2.40. The van der Waals surface area contributed by atoms with Crippen molar-refractivity contribution in [3.05, 3.63) is 124 Å². The lowest BCUT2D eigenvalue weighted by molar-refractivity contribution is -0.144. The predicted octanol–water partition coefficient (Wildman–Crippen LogP) is 8.14. The van der Waals surface area contributed by atoms with E-state index >= 15 is 0 Å². The van der Waals surface area contributed by atoms with Gasteiger partial charge in [-0.15, -0.1) is 11.3 Å². The maximum absolute atomic E-state index is 14.1. The summed E-state index contributed by atoms with van der Waals surface area (Å²) in [6.45, 7) is 12.1. The average molecular weight is 1050 g/mol. The molecule has 2 aliphatic heterocycles. The predicted molar refractivity (Wildman–Crippen MR) is 277 cm³/mol. The van der Waals surface area contributed by atoms with Crippen LogP contribution in [0.5, 0.6) is 11.5 Å². The van der Waals surface area contributed by atoms with Gasteiger partial charge >= 0.3 is 6.18 Å². The number of carbonyl (C=O) groups excluding carboxylic acids is 4. The molecule has 7 rings (SSSR count). The van der Waals surface area contributed by atoms with Crippen LogP contribution in [0.1, 0.15) is 75.4 Å². The number of halogens is 3. The standard InChI is InChI=1S/C54H58F3N7O8S2/c1-33-46(74-32-60-33)36-13-11-34(12-14-36)30-59-48(67)44-28-40(65)31-62(44)49(68)47(52(2,3)4)61-45(66)26-35-9-7-10-42(25-35)71-22-8-21-70-23-24-72-41-19-17-38(18-20-41)64-51(73)63(50(69)53(64,5)6)39-16-15-37(29-58)43(27-39)54(55,56)57/h7,9-20,25,27,32,40,44,47,65H,8,21-24,26,28,30-31H2,1-6H3,(H,59,67)(H,61,66)/t40-,44?,47?/m1/s1. The summed E-state index contributed by atoms with van der Waals surface area (Å²) in [5.74, 6) is -0.695. The number of ether oxygens (including phenoxy) is 3. The molecule has 74 heavy (non-hydrogen) atoms. The molecule has 0 spiro atoms. The molecule has 3 N–H and O–H groups in total. The van der Waals surface area contributed by atoms with Crippen LogP contribution >= 0.6 is 23.6 Å². The highest BCUT2D eigenvalue weighted by molar-refractivity contribution is 7.81. The van der Waals surface area contributed by atoms with E-state index in [2.05, 4.69) is 15.6 Å². The van der Waals surface area contributed by atoms with Crippen molar-refractivity contribution in [3.8, 4) is 28.0 Å². The van der Waals surface area contributed by atoms with Crippen LogP contribution in [0.4, 0.5) is 24.5 Å². The first kappa shape index (κ1) is 54.8. The Morgan fingerprint density at radius 1 is 0.932 bits per heavy atom. The molecule has 1 aromatic heterocycles. The van der Waals surface area contributed by atoms with Crippen molar-refractivity contribution >= 4 is 63.7 Å². The summed E-state index contributed by atoms with van der Waals surface area (Å²) in [5, 5.41) is 25.7. The van der Waals surface area contributed by atoms with Crippen LogP contribution in [0.2, 0.25) is 0 Å². The fourth-order valence-corrected chi connectivity index (χ4v) is 10.1. The molecule has 3 atom stereocenters. The highest BCUT2D eigenvalue weighted by Gasteiger charge is 2.51. The van der Waals surface area contributed by atoms with E-state index in [1.807, 2.05) is 52.0 Å². The van der Waals surface area contributed by atoms with Gasteiger partial charge < -0.3 is 39.8 Å². The Balaban J connectivity index is 0.829. The molecule has 390 valence electrons. The van der Waals surface area contributed by atoms with E-state index in [1.165, 1.54) is 11.0 Å². The molecule has 0 bridgehead atoms. The summed E-state index contributed by atoms with van der Waals surface area (Å²) in [6.07, 6.45) is -5.11. The van der Waals surface area contributed by atoms with Crippen LogP contribution in [0.3, 0.4) is 0 Å². The van der Waals surface area contributed by atoms with Crippen molar-refractivity contribution in [2.75, 3.05) is 42.8 Å². The minimum absolute atomic E-state index is 0.0176. The molecule has 2 unspecified atom stereocenters. The van der Waals surface area contributed by atoms with Crippen LogP contribution in [0, 0.1) is 23.7 Å². The zero-order chi connectivity index (χ0) is 53.5. The molecule has 0 saturated carbocycles. The number of nitrogens with zero attached hydrogens (tertiary/aromatic N) is 5. The fourth-order valence-electron chi connectivity index (χ4n) is 8.75. The molecule has 2 fully saturated rings. The van der Waals surface area contributed by atoms with Crippen molar-refractivity contribution in [2.45, 2.75) is 97.3 Å². The maximum atomic E-state index is 14.1. The number of thiazole rings is 1. The third kappa shape index (κ3) is 12.9. The van der Waals surface area contributed by atoms with Gasteiger partial charge in [-0.05, 0) is 110 Å². The first-order valence-corrected chi connectivity index (χ1v) is 25.2. The maximum Gasteiger partial charge on any atom is 0.417 e. The molecule has 4 aromatic carbocycles. The average Bonchev–Trinajstić information content (AvgIpc) is 4.02. The van der Waals surface area contributed by atoms with Gasteiger partial charge in [0.1, 0.15) is 35.7 Å². The molecule has 2 aliphatic rings. The number of rotatable bonds is 19.